The van der Waals surface area contributed by atoms with Crippen LogP contribution in [-0.2, 0) is 10.0 Å². The molecule has 2 heterocycles. The Morgan fingerprint density at radius 1 is 1.37 bits per heavy atom. The number of piperidine rings is 1. The smallest absolute Gasteiger partial charge is 0.244 e. The summed E-state index contributed by atoms with van der Waals surface area (Å²) in [5.41, 5.74) is 0. The average molecular weight is 412 g/mol. The van der Waals surface area contributed by atoms with Crippen molar-refractivity contribution in [3.05, 3.63) is 22.9 Å². The molecule has 0 N–H and O–H groups in total. The van der Waals surface area contributed by atoms with E-state index in [2.05, 4.69) is 36.8 Å². The number of alkyl halides is 1. The molecule has 1 fully saturated rings. The molecule has 106 valence electrons. The Morgan fingerprint density at radius 3 is 2.84 bits per heavy atom. The van der Waals surface area contributed by atoms with Crippen molar-refractivity contribution in [2.75, 3.05) is 11.9 Å². The van der Waals surface area contributed by atoms with Crippen molar-refractivity contribution in [1.29, 1.82) is 0 Å². The van der Waals surface area contributed by atoms with Crippen LogP contribution in [0.4, 0.5) is 0 Å². The van der Waals surface area contributed by atoms with Gasteiger partial charge in [-0.15, -0.1) is 0 Å². The molecule has 0 aliphatic carbocycles. The van der Waals surface area contributed by atoms with E-state index in [9.17, 15) is 8.42 Å². The molecule has 0 spiro atoms. The van der Waals surface area contributed by atoms with Crippen molar-refractivity contribution in [1.82, 2.24) is 9.29 Å². The lowest BCUT2D eigenvalue weighted by Crippen LogP contribution is -2.43. The number of sulfonamides is 1. The fourth-order valence-corrected chi connectivity index (χ4v) is 5.13. The van der Waals surface area contributed by atoms with Gasteiger partial charge in [-0.05, 0) is 41.3 Å². The minimum atomic E-state index is -3.44. The van der Waals surface area contributed by atoms with Gasteiger partial charge in [0.1, 0.15) is 4.90 Å². The zero-order chi connectivity index (χ0) is 13.9. The van der Waals surface area contributed by atoms with E-state index in [0.717, 1.165) is 31.0 Å². The first-order valence-electron chi connectivity index (χ1n) is 6.24. The molecule has 0 radical (unpaired) electrons. The lowest BCUT2D eigenvalue weighted by atomic mass is 10.0. The van der Waals surface area contributed by atoms with Gasteiger partial charge in [-0.1, -0.05) is 22.4 Å². The third kappa shape index (κ3) is 3.56. The topological polar surface area (TPSA) is 50.3 Å². The van der Waals surface area contributed by atoms with E-state index in [1.165, 1.54) is 6.20 Å². The maximum Gasteiger partial charge on any atom is 0.244 e. The predicted molar refractivity (Wildman–Crippen MR) is 81.9 cm³/mol. The van der Waals surface area contributed by atoms with Gasteiger partial charge in [-0.25, -0.2) is 8.42 Å². The summed E-state index contributed by atoms with van der Waals surface area (Å²) in [7, 11) is -3.44. The van der Waals surface area contributed by atoms with Gasteiger partial charge in [-0.2, -0.15) is 4.31 Å². The van der Waals surface area contributed by atoms with Crippen molar-refractivity contribution >= 4 is 41.9 Å². The molecular formula is C12H16Br2N2O2S. The predicted octanol–water partition coefficient (Wildman–Crippen LogP) is 3.17. The van der Waals surface area contributed by atoms with Crippen LogP contribution in [0.15, 0.2) is 27.8 Å². The molecule has 0 amide bonds. The first kappa shape index (κ1) is 15.4. The van der Waals surface area contributed by atoms with Gasteiger partial charge in [0.2, 0.25) is 10.0 Å². The molecule has 1 atom stereocenters. The van der Waals surface area contributed by atoms with Crippen molar-refractivity contribution in [3.8, 4) is 0 Å². The number of nitrogens with zero attached hydrogens (tertiary/aromatic N) is 2. The highest BCUT2D eigenvalue weighted by Crippen LogP contribution is 2.28. The number of hydrogen-bond acceptors (Lipinski definition) is 3. The van der Waals surface area contributed by atoms with Gasteiger partial charge in [0.05, 0.1) is 0 Å². The zero-order valence-electron chi connectivity index (χ0n) is 10.4. The molecule has 1 saturated heterocycles. The quantitative estimate of drug-likeness (QED) is 0.715. The Labute approximate surface area is 130 Å². The van der Waals surface area contributed by atoms with E-state index < -0.39 is 10.0 Å². The third-order valence-corrected chi connectivity index (χ3v) is 6.11. The van der Waals surface area contributed by atoms with Crippen LogP contribution in [0.5, 0.6) is 0 Å². The zero-order valence-corrected chi connectivity index (χ0v) is 14.4. The van der Waals surface area contributed by atoms with E-state index >= 15 is 0 Å². The van der Waals surface area contributed by atoms with E-state index in [-0.39, 0.29) is 10.9 Å². The first-order chi connectivity index (χ1) is 9.05. The second-order valence-corrected chi connectivity index (χ2v) is 8.18. The van der Waals surface area contributed by atoms with Gasteiger partial charge in [0.15, 0.2) is 0 Å². The molecule has 0 saturated carbocycles. The van der Waals surface area contributed by atoms with Crippen molar-refractivity contribution in [2.24, 2.45) is 0 Å². The lowest BCUT2D eigenvalue weighted by Gasteiger charge is -2.34. The van der Waals surface area contributed by atoms with Crippen molar-refractivity contribution in [3.63, 3.8) is 0 Å². The monoisotopic (exact) mass is 410 g/mol. The van der Waals surface area contributed by atoms with Crippen LogP contribution in [-0.4, -0.2) is 35.6 Å². The van der Waals surface area contributed by atoms with Crippen LogP contribution in [0.1, 0.15) is 25.7 Å². The number of hydrogen-bond donors (Lipinski definition) is 0. The molecule has 1 aliphatic heterocycles. The SMILES string of the molecule is O=S(=O)(c1cncc(Br)c1)N1CCCCC1CCBr. The largest absolute Gasteiger partial charge is 0.262 e. The standard InChI is InChI=1S/C12H16Br2N2O2S/c13-5-4-11-3-1-2-6-16(11)19(17,18)12-7-10(14)8-15-9-12/h7-9,11H,1-6H2. The molecule has 4 nitrogen and oxygen atoms in total. The molecule has 7 heteroatoms. The summed E-state index contributed by atoms with van der Waals surface area (Å²) in [6.07, 6.45) is 6.82. The highest BCUT2D eigenvalue weighted by molar-refractivity contribution is 9.10. The number of halogens is 2. The number of rotatable bonds is 4. The molecule has 1 aromatic rings. The van der Waals surface area contributed by atoms with Crippen LogP contribution in [0.3, 0.4) is 0 Å². The fourth-order valence-electron chi connectivity index (χ4n) is 2.37. The summed E-state index contributed by atoms with van der Waals surface area (Å²) in [5, 5.41) is 0.820. The average Bonchev–Trinajstić information content (AvgIpc) is 2.39. The summed E-state index contributed by atoms with van der Waals surface area (Å²) in [4.78, 5) is 4.22. The van der Waals surface area contributed by atoms with E-state index in [1.807, 2.05) is 0 Å². The first-order valence-corrected chi connectivity index (χ1v) is 9.59. The van der Waals surface area contributed by atoms with Crippen molar-refractivity contribution in [2.45, 2.75) is 36.6 Å². The number of pyridine rings is 1. The highest BCUT2D eigenvalue weighted by Gasteiger charge is 2.33. The Kier molecular flexibility index (Phi) is 5.39. The van der Waals surface area contributed by atoms with Gasteiger partial charge in [-0.3, -0.25) is 4.98 Å². The molecule has 0 bridgehead atoms. The molecule has 19 heavy (non-hydrogen) atoms. The fraction of sp³-hybridized carbons (Fsp3) is 0.583. The highest BCUT2D eigenvalue weighted by atomic mass is 79.9. The summed E-state index contributed by atoms with van der Waals surface area (Å²) < 4.78 is 27.7. The molecule has 1 unspecified atom stereocenters. The molecule has 2 rings (SSSR count). The Morgan fingerprint density at radius 2 is 2.16 bits per heavy atom. The molecule has 0 aromatic carbocycles. The second-order valence-electron chi connectivity index (χ2n) is 4.58. The maximum absolute atomic E-state index is 12.7. The number of aromatic nitrogens is 1. The van der Waals surface area contributed by atoms with Crippen LogP contribution in [0.25, 0.3) is 0 Å². The summed E-state index contributed by atoms with van der Waals surface area (Å²) in [5.74, 6) is 0. The summed E-state index contributed by atoms with van der Waals surface area (Å²) >= 11 is 6.68. The lowest BCUT2D eigenvalue weighted by molar-refractivity contribution is 0.248. The Hall–Kier alpha value is 0.0200. The van der Waals surface area contributed by atoms with E-state index in [1.54, 1.807) is 16.6 Å². The Balaban J connectivity index is 2.31. The van der Waals surface area contributed by atoms with Crippen LogP contribution in [0.2, 0.25) is 0 Å². The van der Waals surface area contributed by atoms with Gasteiger partial charge in [0, 0.05) is 34.8 Å². The minimum Gasteiger partial charge on any atom is -0.262 e. The summed E-state index contributed by atoms with van der Waals surface area (Å²) in [6.45, 7) is 0.604. The second kappa shape index (κ2) is 6.65. The third-order valence-electron chi connectivity index (χ3n) is 3.30. The maximum atomic E-state index is 12.7. The Bertz CT molecular complexity index is 534. The van der Waals surface area contributed by atoms with Crippen LogP contribution < -0.4 is 0 Å². The minimum absolute atomic E-state index is 0.0945. The van der Waals surface area contributed by atoms with E-state index in [4.69, 9.17) is 0 Å². The van der Waals surface area contributed by atoms with Crippen molar-refractivity contribution < 1.29 is 8.42 Å². The van der Waals surface area contributed by atoms with E-state index in [0.29, 0.717) is 11.0 Å². The van der Waals surface area contributed by atoms with Crippen LogP contribution in [0, 0.1) is 0 Å². The molecular weight excluding hydrogens is 396 g/mol. The van der Waals surface area contributed by atoms with Gasteiger partial charge >= 0.3 is 0 Å². The molecule has 1 aromatic heterocycles. The summed E-state index contributed by atoms with van der Waals surface area (Å²) in [6, 6.07) is 1.71. The molecule has 1 aliphatic rings. The normalized spacial score (nSPS) is 21.5. The van der Waals surface area contributed by atoms with Gasteiger partial charge < -0.3 is 0 Å². The van der Waals surface area contributed by atoms with Crippen LogP contribution >= 0.6 is 31.9 Å². The van der Waals surface area contributed by atoms with Gasteiger partial charge in [0.25, 0.3) is 0 Å².